The van der Waals surface area contributed by atoms with E-state index in [0.717, 1.165) is 12.0 Å². The molecule has 9 heteroatoms. The molecule has 0 fully saturated rings. The molecule has 0 spiro atoms. The van der Waals surface area contributed by atoms with Crippen LogP contribution in [0.5, 0.6) is 17.4 Å². The second kappa shape index (κ2) is 8.15. The predicted octanol–water partition coefficient (Wildman–Crippen LogP) is 2.74. The number of nitrogens with zero attached hydrogens (tertiary/aromatic N) is 2. The van der Waals surface area contributed by atoms with E-state index < -0.39 is 22.0 Å². The summed E-state index contributed by atoms with van der Waals surface area (Å²) in [6.45, 7) is 3.97. The van der Waals surface area contributed by atoms with Crippen molar-refractivity contribution in [2.24, 2.45) is 0 Å². The molecule has 138 valence electrons. The van der Waals surface area contributed by atoms with Crippen LogP contribution in [-0.2, 0) is 0 Å². The van der Waals surface area contributed by atoms with E-state index in [-0.39, 0.29) is 11.9 Å². The number of hydrogen-bond donors (Lipinski definition) is 2. The summed E-state index contributed by atoms with van der Waals surface area (Å²) in [6, 6.07) is 5.27. The fourth-order valence-electron chi connectivity index (χ4n) is 2.08. The Morgan fingerprint density at radius 3 is 2.69 bits per heavy atom. The van der Waals surface area contributed by atoms with E-state index in [0.29, 0.717) is 11.5 Å². The van der Waals surface area contributed by atoms with E-state index in [1.54, 1.807) is 24.3 Å². The third kappa shape index (κ3) is 4.38. The standard InChI is InChI=1S/C17H19N3O6/c1-4-10(2)26-12-7-5-11(9-13(12)25-3)6-8-14-18-16(21)15(20(23)24)17(22)19-14/h5-10H,4H2,1-3H3,(H2,18,19,21,22)/b8-6+/t10-/m1/s1. The summed E-state index contributed by atoms with van der Waals surface area (Å²) >= 11 is 0. The molecule has 0 aliphatic rings. The highest BCUT2D eigenvalue weighted by atomic mass is 16.6. The Balaban J connectivity index is 2.28. The minimum Gasteiger partial charge on any atom is -0.493 e. The Bertz CT molecular complexity index is 891. The maximum Gasteiger partial charge on any atom is 0.395 e. The van der Waals surface area contributed by atoms with Crippen LogP contribution in [0.4, 0.5) is 5.69 Å². The summed E-state index contributed by atoms with van der Waals surface area (Å²) in [6.07, 6.45) is 3.92. The molecule has 1 heterocycles. The topological polar surface area (TPSA) is 128 Å². The van der Waals surface area contributed by atoms with Crippen molar-refractivity contribution < 1.29 is 19.5 Å². The number of ether oxygens (including phenoxy) is 2. The maximum atomic E-state index is 11.6. The lowest BCUT2D eigenvalue weighted by molar-refractivity contribution is -0.387. The van der Waals surface area contributed by atoms with Gasteiger partial charge in [0.25, 0.3) is 5.88 Å². The van der Waals surface area contributed by atoms with Crippen molar-refractivity contribution in [1.82, 2.24) is 9.97 Å². The average Bonchev–Trinajstić information content (AvgIpc) is 2.59. The molecule has 0 amide bonds. The largest absolute Gasteiger partial charge is 0.493 e. The van der Waals surface area contributed by atoms with Crippen molar-refractivity contribution >= 4 is 17.8 Å². The predicted molar refractivity (Wildman–Crippen MR) is 95.5 cm³/mol. The first-order valence-electron chi connectivity index (χ1n) is 7.86. The molecule has 9 nitrogen and oxygen atoms in total. The maximum absolute atomic E-state index is 11.6. The van der Waals surface area contributed by atoms with Crippen molar-refractivity contribution in [2.75, 3.05) is 7.11 Å². The van der Waals surface area contributed by atoms with Crippen LogP contribution >= 0.6 is 0 Å². The van der Waals surface area contributed by atoms with Crippen molar-refractivity contribution in [3.8, 4) is 17.4 Å². The molecule has 2 N–H and O–H groups in total. The van der Waals surface area contributed by atoms with Gasteiger partial charge in [-0.1, -0.05) is 19.1 Å². The second-order valence-electron chi connectivity index (χ2n) is 5.46. The van der Waals surface area contributed by atoms with Crippen molar-refractivity contribution in [1.29, 1.82) is 0 Å². The summed E-state index contributed by atoms with van der Waals surface area (Å²) in [7, 11) is 1.53. The molecule has 0 unspecified atom stereocenters. The van der Waals surface area contributed by atoms with Gasteiger partial charge >= 0.3 is 11.2 Å². The van der Waals surface area contributed by atoms with Crippen molar-refractivity contribution in [2.45, 2.75) is 26.4 Å². The van der Waals surface area contributed by atoms with E-state index in [4.69, 9.17) is 9.47 Å². The van der Waals surface area contributed by atoms with E-state index in [1.807, 2.05) is 13.8 Å². The Labute approximate surface area is 149 Å². The van der Waals surface area contributed by atoms with Crippen LogP contribution in [0.1, 0.15) is 31.7 Å². The molecular formula is C17H19N3O6. The molecule has 2 aromatic rings. The molecule has 2 rings (SSSR count). The van der Waals surface area contributed by atoms with Crippen LogP contribution in [0.2, 0.25) is 0 Å². The lowest BCUT2D eigenvalue weighted by Crippen LogP contribution is -2.14. The summed E-state index contributed by atoms with van der Waals surface area (Å²) < 4.78 is 11.1. The summed E-state index contributed by atoms with van der Waals surface area (Å²) in [4.78, 5) is 27.1. The third-order valence-electron chi connectivity index (χ3n) is 3.60. The van der Waals surface area contributed by atoms with Crippen LogP contribution in [0.25, 0.3) is 12.2 Å². The molecule has 1 atom stereocenters. The number of aromatic nitrogens is 2. The second-order valence-corrected chi connectivity index (χ2v) is 5.46. The summed E-state index contributed by atoms with van der Waals surface area (Å²) in [5.41, 5.74) is -1.30. The number of nitro groups is 1. The van der Waals surface area contributed by atoms with Crippen LogP contribution in [-0.4, -0.2) is 33.2 Å². The minimum atomic E-state index is -1.03. The molecular weight excluding hydrogens is 342 g/mol. The molecule has 0 aliphatic heterocycles. The molecule has 26 heavy (non-hydrogen) atoms. The van der Waals surface area contributed by atoms with Crippen LogP contribution in [0.3, 0.4) is 0 Å². The van der Waals surface area contributed by atoms with Crippen LogP contribution in [0.15, 0.2) is 23.0 Å². The Kier molecular flexibility index (Phi) is 5.94. The van der Waals surface area contributed by atoms with E-state index in [2.05, 4.69) is 9.97 Å². The monoisotopic (exact) mass is 361 g/mol. The zero-order valence-electron chi connectivity index (χ0n) is 14.6. The first-order chi connectivity index (χ1) is 12.3. The van der Waals surface area contributed by atoms with Gasteiger partial charge in [-0.05, 0) is 37.1 Å². The van der Waals surface area contributed by atoms with Crippen LogP contribution < -0.4 is 15.0 Å². The highest BCUT2D eigenvalue weighted by molar-refractivity contribution is 5.68. The number of aromatic hydroxyl groups is 1. The van der Waals surface area contributed by atoms with Gasteiger partial charge in [0.1, 0.15) is 5.82 Å². The number of rotatable bonds is 7. The number of aromatic amines is 1. The van der Waals surface area contributed by atoms with Gasteiger partial charge in [0.2, 0.25) is 0 Å². The first kappa shape index (κ1) is 19.0. The van der Waals surface area contributed by atoms with Gasteiger partial charge in [0.05, 0.1) is 18.1 Å². The van der Waals surface area contributed by atoms with Crippen LogP contribution in [0, 0.1) is 10.1 Å². The number of hydrogen-bond acceptors (Lipinski definition) is 7. The Morgan fingerprint density at radius 1 is 1.38 bits per heavy atom. The van der Waals surface area contributed by atoms with Gasteiger partial charge in [-0.2, -0.15) is 4.98 Å². The zero-order chi connectivity index (χ0) is 19.3. The van der Waals surface area contributed by atoms with Gasteiger partial charge in [0, 0.05) is 0 Å². The number of benzene rings is 1. The van der Waals surface area contributed by atoms with Crippen molar-refractivity contribution in [3.63, 3.8) is 0 Å². The fourth-order valence-corrected chi connectivity index (χ4v) is 2.08. The number of methoxy groups -OCH3 is 1. The average molecular weight is 361 g/mol. The molecule has 0 bridgehead atoms. The molecule has 0 saturated heterocycles. The highest BCUT2D eigenvalue weighted by Crippen LogP contribution is 2.30. The quantitative estimate of drug-likeness (QED) is 0.573. The number of H-pyrrole nitrogens is 1. The third-order valence-corrected chi connectivity index (χ3v) is 3.60. The Morgan fingerprint density at radius 2 is 2.12 bits per heavy atom. The van der Waals surface area contributed by atoms with Gasteiger partial charge < -0.3 is 19.6 Å². The fraction of sp³-hybridized carbons (Fsp3) is 0.294. The van der Waals surface area contributed by atoms with E-state index >= 15 is 0 Å². The van der Waals surface area contributed by atoms with Gasteiger partial charge in [-0.25, -0.2) is 0 Å². The van der Waals surface area contributed by atoms with E-state index in [1.165, 1.54) is 13.2 Å². The van der Waals surface area contributed by atoms with Gasteiger partial charge in [0.15, 0.2) is 11.5 Å². The highest BCUT2D eigenvalue weighted by Gasteiger charge is 2.21. The number of nitrogens with one attached hydrogen (secondary N) is 1. The normalized spacial score (nSPS) is 12.1. The molecule has 0 radical (unpaired) electrons. The zero-order valence-corrected chi connectivity index (χ0v) is 14.6. The summed E-state index contributed by atoms with van der Waals surface area (Å²) in [5.74, 6) is 0.198. The molecule has 0 saturated carbocycles. The Hall–Kier alpha value is -3.36. The lowest BCUT2D eigenvalue weighted by Gasteiger charge is -2.15. The SMILES string of the molecule is CC[C@@H](C)Oc1ccc(/C=C/c2nc(O)c([N+](=O)[O-])c(=O)[nH]2)cc1OC. The smallest absolute Gasteiger partial charge is 0.395 e. The van der Waals surface area contributed by atoms with Gasteiger partial charge in [-0.15, -0.1) is 0 Å². The van der Waals surface area contributed by atoms with E-state index in [9.17, 15) is 20.0 Å². The molecule has 1 aromatic carbocycles. The molecule has 1 aromatic heterocycles. The molecule has 0 aliphatic carbocycles. The van der Waals surface area contributed by atoms with Gasteiger partial charge in [-0.3, -0.25) is 14.9 Å². The minimum absolute atomic E-state index is 0.0167. The first-order valence-corrected chi connectivity index (χ1v) is 7.86. The lowest BCUT2D eigenvalue weighted by atomic mass is 10.2. The summed E-state index contributed by atoms with van der Waals surface area (Å²) in [5, 5.41) is 20.2. The van der Waals surface area contributed by atoms with Crippen molar-refractivity contribution in [3.05, 3.63) is 50.1 Å².